The van der Waals surface area contributed by atoms with Crippen LogP contribution in [-0.2, 0) is 0 Å². The van der Waals surface area contributed by atoms with Gasteiger partial charge < -0.3 is 10.2 Å². The quantitative estimate of drug-likeness (QED) is 0.807. The van der Waals surface area contributed by atoms with Crippen LogP contribution in [0.25, 0.3) is 0 Å². The second-order valence-electron chi connectivity index (χ2n) is 5.82. The van der Waals surface area contributed by atoms with Gasteiger partial charge in [-0.05, 0) is 31.8 Å². The summed E-state index contributed by atoms with van der Waals surface area (Å²) in [6, 6.07) is 0. The lowest BCUT2D eigenvalue weighted by molar-refractivity contribution is 0.0374. The van der Waals surface area contributed by atoms with E-state index in [1.54, 1.807) is 12.4 Å². The Labute approximate surface area is 122 Å². The average Bonchev–Trinajstić information content (AvgIpc) is 2.85. The summed E-state index contributed by atoms with van der Waals surface area (Å²) in [7, 11) is 0. The van der Waals surface area contributed by atoms with Crippen LogP contribution in [0.2, 0.25) is 5.02 Å². The molecular formula is C13H17ClN6. The zero-order chi connectivity index (χ0) is 13.6. The Morgan fingerprint density at radius 1 is 1.30 bits per heavy atom. The first-order valence-corrected chi connectivity index (χ1v) is 7.42. The smallest absolute Gasteiger partial charge is 0.229 e. The van der Waals surface area contributed by atoms with E-state index in [1.807, 2.05) is 0 Å². The molecule has 0 saturated carbocycles. The average molecular weight is 293 g/mol. The summed E-state index contributed by atoms with van der Waals surface area (Å²) in [4.78, 5) is 15.7. The fourth-order valence-corrected chi connectivity index (χ4v) is 3.66. The molecule has 3 fully saturated rings. The van der Waals surface area contributed by atoms with Crippen molar-refractivity contribution in [2.45, 2.75) is 18.4 Å². The molecule has 1 spiro atoms. The van der Waals surface area contributed by atoms with Gasteiger partial charge in [-0.25, -0.2) is 15.0 Å². The van der Waals surface area contributed by atoms with Crippen LogP contribution in [0.3, 0.4) is 0 Å². The van der Waals surface area contributed by atoms with E-state index < -0.39 is 0 Å². The van der Waals surface area contributed by atoms with Gasteiger partial charge in [-0.1, -0.05) is 11.6 Å². The van der Waals surface area contributed by atoms with Crippen molar-refractivity contribution in [3.05, 3.63) is 17.4 Å². The number of halogens is 1. The maximum Gasteiger partial charge on any atom is 0.229 e. The van der Waals surface area contributed by atoms with Crippen molar-refractivity contribution in [3.63, 3.8) is 0 Å². The van der Waals surface area contributed by atoms with Crippen molar-refractivity contribution >= 4 is 23.5 Å². The van der Waals surface area contributed by atoms with Crippen molar-refractivity contribution in [1.29, 1.82) is 0 Å². The highest BCUT2D eigenvalue weighted by Gasteiger charge is 2.49. The maximum atomic E-state index is 5.78. The summed E-state index contributed by atoms with van der Waals surface area (Å²) in [5, 5.41) is 7.04. The molecule has 6 nitrogen and oxygen atoms in total. The van der Waals surface area contributed by atoms with Crippen LogP contribution in [0.5, 0.6) is 0 Å². The van der Waals surface area contributed by atoms with Crippen molar-refractivity contribution in [1.82, 2.24) is 20.2 Å². The van der Waals surface area contributed by atoms with E-state index in [4.69, 9.17) is 16.6 Å². The number of anilines is 1. The zero-order valence-corrected chi connectivity index (χ0v) is 11.9. The molecule has 4 aliphatic rings. The second kappa shape index (κ2) is 4.56. The van der Waals surface area contributed by atoms with E-state index >= 15 is 0 Å². The SMILES string of the molecule is Clc1cnc(NC2=NC3(CN2)CN2CCC3CC2)nc1. The van der Waals surface area contributed by atoms with E-state index in [0.29, 0.717) is 16.9 Å². The Balaban J connectivity index is 1.53. The summed E-state index contributed by atoms with van der Waals surface area (Å²) in [5.41, 5.74) is 0.0469. The van der Waals surface area contributed by atoms with E-state index in [2.05, 4.69) is 25.5 Å². The van der Waals surface area contributed by atoms with E-state index in [0.717, 1.165) is 19.0 Å². The molecule has 4 aliphatic heterocycles. The number of hydrogen-bond donors (Lipinski definition) is 2. The van der Waals surface area contributed by atoms with Gasteiger partial charge in [-0.15, -0.1) is 0 Å². The maximum absolute atomic E-state index is 5.78. The number of guanidine groups is 1. The Morgan fingerprint density at radius 3 is 2.70 bits per heavy atom. The number of aromatic nitrogens is 2. The van der Waals surface area contributed by atoms with Crippen molar-refractivity contribution in [2.24, 2.45) is 10.9 Å². The minimum Gasteiger partial charge on any atom is -0.354 e. The fourth-order valence-electron chi connectivity index (χ4n) is 3.57. The molecule has 3 saturated heterocycles. The highest BCUT2D eigenvalue weighted by molar-refractivity contribution is 6.30. The highest BCUT2D eigenvalue weighted by atomic mass is 35.5. The molecule has 0 radical (unpaired) electrons. The molecule has 20 heavy (non-hydrogen) atoms. The van der Waals surface area contributed by atoms with Crippen molar-refractivity contribution in [3.8, 4) is 0 Å². The first kappa shape index (κ1) is 12.3. The van der Waals surface area contributed by atoms with Crippen LogP contribution in [0.4, 0.5) is 5.95 Å². The number of fused-ring (bicyclic) bond motifs is 2. The number of aliphatic imine (C=N–C) groups is 1. The van der Waals surface area contributed by atoms with E-state index in [1.165, 1.54) is 25.9 Å². The van der Waals surface area contributed by atoms with Gasteiger partial charge in [0, 0.05) is 13.1 Å². The number of hydrogen-bond acceptors (Lipinski definition) is 6. The molecular weight excluding hydrogens is 276 g/mol. The molecule has 1 aromatic rings. The highest BCUT2D eigenvalue weighted by Crippen LogP contribution is 2.39. The molecule has 1 atom stereocenters. The number of nitrogens with zero attached hydrogens (tertiary/aromatic N) is 4. The predicted molar refractivity (Wildman–Crippen MR) is 78.0 cm³/mol. The summed E-state index contributed by atoms with van der Waals surface area (Å²) < 4.78 is 0. The van der Waals surface area contributed by atoms with Crippen LogP contribution in [0.15, 0.2) is 17.4 Å². The molecule has 0 amide bonds. The van der Waals surface area contributed by atoms with Crippen LogP contribution < -0.4 is 10.6 Å². The van der Waals surface area contributed by atoms with Crippen molar-refractivity contribution in [2.75, 3.05) is 31.5 Å². The summed E-state index contributed by atoms with van der Waals surface area (Å²) >= 11 is 5.78. The lowest BCUT2D eigenvalue weighted by Gasteiger charge is -2.49. The van der Waals surface area contributed by atoms with Crippen LogP contribution in [-0.4, -0.2) is 52.5 Å². The van der Waals surface area contributed by atoms with Gasteiger partial charge in [-0.3, -0.25) is 5.32 Å². The van der Waals surface area contributed by atoms with Crippen LogP contribution >= 0.6 is 11.6 Å². The van der Waals surface area contributed by atoms with Crippen LogP contribution in [0, 0.1) is 5.92 Å². The molecule has 5 heterocycles. The van der Waals surface area contributed by atoms with Gasteiger partial charge >= 0.3 is 0 Å². The molecule has 7 heteroatoms. The largest absolute Gasteiger partial charge is 0.354 e. The second-order valence-corrected chi connectivity index (χ2v) is 6.25. The molecule has 106 valence electrons. The lowest BCUT2D eigenvalue weighted by atomic mass is 9.73. The Morgan fingerprint density at radius 2 is 2.05 bits per heavy atom. The molecule has 0 aliphatic carbocycles. The zero-order valence-electron chi connectivity index (χ0n) is 11.1. The topological polar surface area (TPSA) is 65.4 Å². The number of nitrogens with one attached hydrogen (secondary N) is 2. The Hall–Kier alpha value is -1.40. The summed E-state index contributed by atoms with van der Waals surface area (Å²) in [6.45, 7) is 4.43. The third-order valence-electron chi connectivity index (χ3n) is 4.59. The van der Waals surface area contributed by atoms with Crippen molar-refractivity contribution < 1.29 is 0 Å². The van der Waals surface area contributed by atoms with Gasteiger partial charge in [0.15, 0.2) is 5.96 Å². The molecule has 1 aromatic heterocycles. The molecule has 0 aromatic carbocycles. The minimum absolute atomic E-state index is 0.0469. The minimum atomic E-state index is 0.0469. The molecule has 2 bridgehead atoms. The standard InChI is InChI=1S/C13H17ClN6/c14-10-5-15-11(16-6-10)18-12-17-7-13(19-12)8-20-3-1-9(13)2-4-20/h5-6,9H,1-4,7-8H2,(H2,15,16,17,18,19). The van der Waals surface area contributed by atoms with Gasteiger partial charge in [0.1, 0.15) is 0 Å². The molecule has 2 N–H and O–H groups in total. The summed E-state index contributed by atoms with van der Waals surface area (Å²) in [5.74, 6) is 2.01. The van der Waals surface area contributed by atoms with E-state index in [9.17, 15) is 0 Å². The Kier molecular flexibility index (Phi) is 2.82. The van der Waals surface area contributed by atoms with Gasteiger partial charge in [0.05, 0.1) is 23.0 Å². The molecule has 5 rings (SSSR count). The number of rotatable bonds is 1. The monoisotopic (exact) mass is 292 g/mol. The summed E-state index contributed by atoms with van der Waals surface area (Å²) in [6.07, 6.45) is 5.68. The van der Waals surface area contributed by atoms with Gasteiger partial charge in [0.25, 0.3) is 0 Å². The number of piperidine rings is 3. The lowest BCUT2D eigenvalue weighted by Crippen LogP contribution is -2.59. The first-order chi connectivity index (χ1) is 9.73. The third kappa shape index (κ3) is 2.03. The van der Waals surface area contributed by atoms with Gasteiger partial charge in [-0.2, -0.15) is 0 Å². The fraction of sp³-hybridized carbons (Fsp3) is 0.615. The normalized spacial score (nSPS) is 35.0. The Bertz CT molecular complexity index is 536. The molecule has 1 unspecified atom stereocenters. The van der Waals surface area contributed by atoms with E-state index in [-0.39, 0.29) is 5.54 Å². The third-order valence-corrected chi connectivity index (χ3v) is 4.79. The van der Waals surface area contributed by atoms with Gasteiger partial charge in [0.2, 0.25) is 5.95 Å². The van der Waals surface area contributed by atoms with Crippen LogP contribution in [0.1, 0.15) is 12.8 Å². The first-order valence-electron chi connectivity index (χ1n) is 7.04. The predicted octanol–water partition coefficient (Wildman–Crippen LogP) is 0.965.